The van der Waals surface area contributed by atoms with Crippen LogP contribution in [0.2, 0.25) is 0 Å². The normalized spacial score (nSPS) is 19.7. The van der Waals surface area contributed by atoms with Gasteiger partial charge in [-0.3, -0.25) is 0 Å². The molecule has 90 valence electrons. The Balaban J connectivity index is 2.55. The third-order valence-corrected chi connectivity index (χ3v) is 5.07. The molecule has 1 heterocycles. The van der Waals surface area contributed by atoms with Crippen molar-refractivity contribution >= 4 is 10.0 Å². The van der Waals surface area contributed by atoms with Crippen molar-refractivity contribution in [1.29, 1.82) is 0 Å². The topological polar surface area (TPSA) is 72.6 Å². The predicted octanol–water partition coefficient (Wildman–Crippen LogP) is -0.224. The van der Waals surface area contributed by atoms with Gasteiger partial charge in [-0.15, -0.1) is 0 Å². The molecule has 1 saturated heterocycles. The molecule has 1 rings (SSSR count). The van der Waals surface area contributed by atoms with Crippen LogP contribution in [0.25, 0.3) is 0 Å². The predicted molar refractivity (Wildman–Crippen MR) is 59.1 cm³/mol. The maximum atomic E-state index is 12.0. The Morgan fingerprint density at radius 1 is 1.40 bits per heavy atom. The van der Waals surface area contributed by atoms with Crippen LogP contribution in [0.15, 0.2) is 0 Å². The van der Waals surface area contributed by atoms with Crippen LogP contribution in [0.1, 0.15) is 19.3 Å². The lowest BCUT2D eigenvalue weighted by Crippen LogP contribution is -2.40. The highest BCUT2D eigenvalue weighted by Crippen LogP contribution is 2.18. The zero-order valence-electron chi connectivity index (χ0n) is 9.18. The van der Waals surface area contributed by atoms with Gasteiger partial charge >= 0.3 is 0 Å². The second-order valence-corrected chi connectivity index (χ2v) is 6.14. The molecular formula is C9H20N2O3S. The van der Waals surface area contributed by atoms with E-state index in [1.807, 2.05) is 0 Å². The minimum atomic E-state index is -3.14. The first kappa shape index (κ1) is 12.9. The van der Waals surface area contributed by atoms with Gasteiger partial charge in [-0.2, -0.15) is 0 Å². The van der Waals surface area contributed by atoms with Crippen molar-refractivity contribution in [3.05, 3.63) is 0 Å². The molecule has 2 N–H and O–H groups in total. The quantitative estimate of drug-likeness (QED) is 0.716. The van der Waals surface area contributed by atoms with E-state index < -0.39 is 10.0 Å². The van der Waals surface area contributed by atoms with Crippen molar-refractivity contribution in [2.45, 2.75) is 24.5 Å². The molecule has 0 unspecified atom stereocenters. The van der Waals surface area contributed by atoms with E-state index in [1.165, 1.54) is 4.31 Å². The summed E-state index contributed by atoms with van der Waals surface area (Å²) in [5.41, 5.74) is 5.36. The average molecular weight is 236 g/mol. The molecule has 0 aromatic carbocycles. The van der Waals surface area contributed by atoms with Crippen molar-refractivity contribution in [2.24, 2.45) is 5.73 Å². The molecule has 0 atom stereocenters. The van der Waals surface area contributed by atoms with Gasteiger partial charge in [-0.05, 0) is 25.8 Å². The number of hydrogen-bond donors (Lipinski definition) is 1. The Morgan fingerprint density at radius 3 is 2.53 bits per heavy atom. The number of rotatable bonds is 5. The zero-order valence-corrected chi connectivity index (χ0v) is 10.0. The summed E-state index contributed by atoms with van der Waals surface area (Å²) < 4.78 is 30.6. The van der Waals surface area contributed by atoms with E-state index in [0.717, 1.165) is 0 Å². The highest BCUT2D eigenvalue weighted by Gasteiger charge is 2.30. The average Bonchev–Trinajstić information content (AvgIpc) is 2.27. The lowest BCUT2D eigenvalue weighted by atomic mass is 10.2. The molecule has 0 spiro atoms. The fourth-order valence-electron chi connectivity index (χ4n) is 1.67. The Morgan fingerprint density at radius 2 is 2.00 bits per heavy atom. The lowest BCUT2D eigenvalue weighted by Gasteiger charge is -2.27. The summed E-state index contributed by atoms with van der Waals surface area (Å²) in [6, 6.07) is 0. The van der Waals surface area contributed by atoms with Crippen molar-refractivity contribution in [1.82, 2.24) is 4.31 Å². The first-order valence-corrected chi connectivity index (χ1v) is 6.82. The first-order chi connectivity index (χ1) is 7.09. The summed E-state index contributed by atoms with van der Waals surface area (Å²) in [6.45, 7) is 2.13. The van der Waals surface area contributed by atoms with Crippen LogP contribution >= 0.6 is 0 Å². The van der Waals surface area contributed by atoms with Gasteiger partial charge in [0.1, 0.15) is 0 Å². The number of sulfonamides is 1. The van der Waals surface area contributed by atoms with Gasteiger partial charge in [0.2, 0.25) is 10.0 Å². The molecule has 0 aromatic heterocycles. The minimum Gasteiger partial charge on any atom is -0.381 e. The van der Waals surface area contributed by atoms with Gasteiger partial charge in [0.05, 0.1) is 5.25 Å². The molecule has 0 bridgehead atoms. The van der Waals surface area contributed by atoms with Crippen molar-refractivity contribution in [3.8, 4) is 0 Å². The van der Waals surface area contributed by atoms with Gasteiger partial charge in [0, 0.05) is 26.8 Å². The van der Waals surface area contributed by atoms with Crippen molar-refractivity contribution < 1.29 is 13.2 Å². The van der Waals surface area contributed by atoms with Crippen LogP contribution in [0.5, 0.6) is 0 Å². The van der Waals surface area contributed by atoms with Crippen molar-refractivity contribution in [3.63, 3.8) is 0 Å². The standard InChI is InChI=1S/C9H20N2O3S/c1-11(6-2-5-10)15(12,13)9-3-7-14-8-4-9/h9H,2-8,10H2,1H3. The molecule has 15 heavy (non-hydrogen) atoms. The van der Waals surface area contributed by atoms with Crippen LogP contribution in [-0.2, 0) is 14.8 Å². The van der Waals surface area contributed by atoms with Crippen LogP contribution < -0.4 is 5.73 Å². The van der Waals surface area contributed by atoms with E-state index in [0.29, 0.717) is 45.6 Å². The third kappa shape index (κ3) is 3.41. The summed E-state index contributed by atoms with van der Waals surface area (Å²) in [7, 11) is -1.51. The second kappa shape index (κ2) is 5.79. The minimum absolute atomic E-state index is 0.269. The number of ether oxygens (including phenoxy) is 1. The molecule has 1 aliphatic rings. The highest BCUT2D eigenvalue weighted by atomic mass is 32.2. The summed E-state index contributed by atoms with van der Waals surface area (Å²) in [5.74, 6) is 0. The molecule has 0 aliphatic carbocycles. The SMILES string of the molecule is CN(CCCN)S(=O)(=O)C1CCOCC1. The smallest absolute Gasteiger partial charge is 0.216 e. The largest absolute Gasteiger partial charge is 0.381 e. The van der Waals surface area contributed by atoms with Gasteiger partial charge < -0.3 is 10.5 Å². The first-order valence-electron chi connectivity index (χ1n) is 5.32. The highest BCUT2D eigenvalue weighted by molar-refractivity contribution is 7.89. The van der Waals surface area contributed by atoms with Gasteiger partial charge in [0.25, 0.3) is 0 Å². The van der Waals surface area contributed by atoms with E-state index in [4.69, 9.17) is 10.5 Å². The van der Waals surface area contributed by atoms with Gasteiger partial charge in [-0.25, -0.2) is 12.7 Å². The Bertz CT molecular complexity index is 273. The van der Waals surface area contributed by atoms with Crippen LogP contribution in [0, 0.1) is 0 Å². The van der Waals surface area contributed by atoms with Crippen LogP contribution in [-0.4, -0.2) is 51.3 Å². The lowest BCUT2D eigenvalue weighted by molar-refractivity contribution is 0.0974. The fourth-order valence-corrected chi connectivity index (χ4v) is 3.35. The van der Waals surface area contributed by atoms with E-state index in [1.54, 1.807) is 7.05 Å². The molecule has 0 radical (unpaired) electrons. The van der Waals surface area contributed by atoms with E-state index in [2.05, 4.69) is 0 Å². The molecule has 0 aromatic rings. The van der Waals surface area contributed by atoms with E-state index in [9.17, 15) is 8.42 Å². The van der Waals surface area contributed by atoms with Gasteiger partial charge in [0.15, 0.2) is 0 Å². The second-order valence-electron chi connectivity index (χ2n) is 3.82. The third-order valence-electron chi connectivity index (χ3n) is 2.70. The Kier molecular flexibility index (Phi) is 4.98. The molecule has 1 aliphatic heterocycles. The zero-order chi connectivity index (χ0) is 11.3. The summed E-state index contributed by atoms with van der Waals surface area (Å²) in [5, 5.41) is -0.269. The van der Waals surface area contributed by atoms with E-state index >= 15 is 0 Å². The maximum Gasteiger partial charge on any atom is 0.216 e. The summed E-state index contributed by atoms with van der Waals surface area (Å²) >= 11 is 0. The summed E-state index contributed by atoms with van der Waals surface area (Å²) in [6.07, 6.45) is 1.92. The number of nitrogens with two attached hydrogens (primary N) is 1. The molecule has 1 fully saturated rings. The summed E-state index contributed by atoms with van der Waals surface area (Å²) in [4.78, 5) is 0. The Labute approximate surface area is 91.6 Å². The number of nitrogens with zero attached hydrogens (tertiary/aromatic N) is 1. The van der Waals surface area contributed by atoms with Gasteiger partial charge in [-0.1, -0.05) is 0 Å². The maximum absolute atomic E-state index is 12.0. The fraction of sp³-hybridized carbons (Fsp3) is 1.00. The van der Waals surface area contributed by atoms with Crippen LogP contribution in [0.3, 0.4) is 0 Å². The molecule has 6 heteroatoms. The molecule has 0 amide bonds. The number of hydrogen-bond acceptors (Lipinski definition) is 4. The molecule has 5 nitrogen and oxygen atoms in total. The Hall–Kier alpha value is -0.170. The van der Waals surface area contributed by atoms with Crippen molar-refractivity contribution in [2.75, 3.05) is 33.4 Å². The molecular weight excluding hydrogens is 216 g/mol. The monoisotopic (exact) mass is 236 g/mol. The van der Waals surface area contributed by atoms with Crippen LogP contribution in [0.4, 0.5) is 0 Å². The van der Waals surface area contributed by atoms with E-state index in [-0.39, 0.29) is 5.25 Å². The molecule has 0 saturated carbocycles.